The highest BCUT2D eigenvalue weighted by Gasteiger charge is 2.40. The second kappa shape index (κ2) is 5.31. The first-order valence-corrected chi connectivity index (χ1v) is 6.75. The second-order valence-electron chi connectivity index (χ2n) is 5.52. The van der Waals surface area contributed by atoms with Crippen molar-refractivity contribution in [2.45, 2.75) is 45.6 Å². The van der Waals surface area contributed by atoms with Crippen molar-refractivity contribution >= 4 is 0 Å². The van der Waals surface area contributed by atoms with Crippen LogP contribution in [0.15, 0.2) is 0 Å². The van der Waals surface area contributed by atoms with E-state index in [1.165, 1.54) is 32.2 Å². The summed E-state index contributed by atoms with van der Waals surface area (Å²) < 4.78 is 0. The first-order valence-electron chi connectivity index (χ1n) is 6.75. The predicted molar refractivity (Wildman–Crippen MR) is 64.9 cm³/mol. The highest BCUT2D eigenvalue weighted by atomic mass is 15.0. The van der Waals surface area contributed by atoms with Crippen LogP contribution >= 0.6 is 0 Å². The summed E-state index contributed by atoms with van der Waals surface area (Å²) in [5.74, 6) is 2.83. The fourth-order valence-electron chi connectivity index (χ4n) is 2.43. The number of hydrogen-bond acceptors (Lipinski definition) is 2. The van der Waals surface area contributed by atoms with Gasteiger partial charge < -0.3 is 10.6 Å². The van der Waals surface area contributed by atoms with Crippen molar-refractivity contribution in [2.24, 2.45) is 17.8 Å². The van der Waals surface area contributed by atoms with Gasteiger partial charge in [-0.2, -0.15) is 0 Å². The van der Waals surface area contributed by atoms with Crippen molar-refractivity contribution in [3.8, 4) is 0 Å². The van der Waals surface area contributed by atoms with Gasteiger partial charge in [0.05, 0.1) is 0 Å². The van der Waals surface area contributed by atoms with Crippen LogP contribution < -0.4 is 10.6 Å². The van der Waals surface area contributed by atoms with Crippen molar-refractivity contribution in [3.63, 3.8) is 0 Å². The molecular weight excluding hydrogens is 184 g/mol. The molecule has 0 aliphatic heterocycles. The van der Waals surface area contributed by atoms with Gasteiger partial charge in [-0.05, 0) is 63.1 Å². The smallest absolute Gasteiger partial charge is 0.0124 e. The third-order valence-corrected chi connectivity index (χ3v) is 3.70. The molecule has 88 valence electrons. The van der Waals surface area contributed by atoms with E-state index in [1.807, 2.05) is 0 Å². The lowest BCUT2D eigenvalue weighted by Crippen LogP contribution is -2.38. The normalized spacial score (nSPS) is 23.4. The van der Waals surface area contributed by atoms with E-state index in [4.69, 9.17) is 0 Å². The van der Waals surface area contributed by atoms with Crippen molar-refractivity contribution in [1.82, 2.24) is 10.6 Å². The van der Waals surface area contributed by atoms with E-state index in [0.29, 0.717) is 0 Å². The highest BCUT2D eigenvalue weighted by molar-refractivity contribution is 4.96. The zero-order valence-corrected chi connectivity index (χ0v) is 10.3. The minimum absolute atomic E-state index is 0.768. The Morgan fingerprint density at radius 1 is 1.07 bits per heavy atom. The van der Waals surface area contributed by atoms with E-state index in [1.54, 1.807) is 0 Å². The Hall–Kier alpha value is -0.0800. The molecule has 0 heterocycles. The second-order valence-corrected chi connectivity index (χ2v) is 5.52. The molecule has 2 fully saturated rings. The summed E-state index contributed by atoms with van der Waals surface area (Å²) in [6.45, 7) is 7.97. The zero-order chi connectivity index (χ0) is 10.7. The third kappa shape index (κ3) is 3.76. The molecule has 15 heavy (non-hydrogen) atoms. The minimum atomic E-state index is 0.768. The van der Waals surface area contributed by atoms with Gasteiger partial charge in [0, 0.05) is 6.04 Å². The topological polar surface area (TPSA) is 24.1 Å². The molecule has 2 rings (SSSR count). The average molecular weight is 210 g/mol. The van der Waals surface area contributed by atoms with E-state index in [9.17, 15) is 0 Å². The van der Waals surface area contributed by atoms with E-state index >= 15 is 0 Å². The summed E-state index contributed by atoms with van der Waals surface area (Å²) in [6.07, 6.45) is 5.93. The van der Waals surface area contributed by atoms with Crippen molar-refractivity contribution in [1.29, 1.82) is 0 Å². The maximum absolute atomic E-state index is 3.81. The fraction of sp³-hybridized carbons (Fsp3) is 1.00. The van der Waals surface area contributed by atoms with Crippen LogP contribution in [0.2, 0.25) is 0 Å². The first kappa shape index (κ1) is 11.4. The van der Waals surface area contributed by atoms with Crippen LogP contribution in [-0.4, -0.2) is 25.7 Å². The summed E-state index contributed by atoms with van der Waals surface area (Å²) in [6, 6.07) is 0.870. The van der Waals surface area contributed by atoms with E-state index in [2.05, 4.69) is 24.5 Å². The van der Waals surface area contributed by atoms with Crippen molar-refractivity contribution < 1.29 is 0 Å². The summed E-state index contributed by atoms with van der Waals surface area (Å²) in [4.78, 5) is 0. The van der Waals surface area contributed by atoms with Gasteiger partial charge in [-0.1, -0.05) is 13.8 Å². The Kier molecular flexibility index (Phi) is 4.04. The molecule has 0 aromatic carbocycles. The van der Waals surface area contributed by atoms with Crippen LogP contribution in [0.4, 0.5) is 0 Å². The summed E-state index contributed by atoms with van der Waals surface area (Å²) in [5, 5.41) is 7.23. The zero-order valence-electron chi connectivity index (χ0n) is 10.3. The minimum Gasteiger partial charge on any atom is -0.317 e. The van der Waals surface area contributed by atoms with Crippen LogP contribution in [0.25, 0.3) is 0 Å². The van der Waals surface area contributed by atoms with Gasteiger partial charge in [-0.15, -0.1) is 0 Å². The van der Waals surface area contributed by atoms with E-state index in [-0.39, 0.29) is 0 Å². The van der Waals surface area contributed by atoms with Crippen LogP contribution in [-0.2, 0) is 0 Å². The van der Waals surface area contributed by atoms with Crippen LogP contribution in [0.1, 0.15) is 39.5 Å². The molecule has 2 nitrogen and oxygen atoms in total. The molecule has 0 amide bonds. The largest absolute Gasteiger partial charge is 0.317 e. The molecule has 2 aliphatic rings. The lowest BCUT2D eigenvalue weighted by molar-refractivity contribution is 0.375. The molecule has 2 heteroatoms. The van der Waals surface area contributed by atoms with Gasteiger partial charge in [-0.3, -0.25) is 0 Å². The number of hydrogen-bond donors (Lipinski definition) is 2. The van der Waals surface area contributed by atoms with Gasteiger partial charge in [0.1, 0.15) is 0 Å². The van der Waals surface area contributed by atoms with Crippen LogP contribution in [0.5, 0.6) is 0 Å². The molecule has 2 N–H and O–H groups in total. The van der Waals surface area contributed by atoms with Crippen molar-refractivity contribution in [3.05, 3.63) is 0 Å². The summed E-state index contributed by atoms with van der Waals surface area (Å²) in [7, 11) is 0. The van der Waals surface area contributed by atoms with E-state index < -0.39 is 0 Å². The lowest BCUT2D eigenvalue weighted by atomic mass is 10.1. The predicted octanol–water partition coefficient (Wildman–Crippen LogP) is 2.01. The van der Waals surface area contributed by atoms with Gasteiger partial charge in [0.2, 0.25) is 0 Å². The fourth-order valence-corrected chi connectivity index (χ4v) is 2.43. The van der Waals surface area contributed by atoms with Gasteiger partial charge in [-0.25, -0.2) is 0 Å². The standard InChI is InChI=1S/C13H26N2/c1-3-14-8-10(2)9-15-13(11-4-5-11)12-6-7-12/h10-15H,3-9H2,1-2H3. The maximum atomic E-state index is 3.81. The van der Waals surface area contributed by atoms with Crippen molar-refractivity contribution in [2.75, 3.05) is 19.6 Å². The monoisotopic (exact) mass is 210 g/mol. The molecule has 1 unspecified atom stereocenters. The molecule has 2 aliphatic carbocycles. The Morgan fingerprint density at radius 2 is 1.67 bits per heavy atom. The Bertz CT molecular complexity index is 173. The molecule has 0 radical (unpaired) electrons. The summed E-state index contributed by atoms with van der Waals surface area (Å²) in [5.41, 5.74) is 0. The van der Waals surface area contributed by atoms with Gasteiger partial charge in [0.15, 0.2) is 0 Å². The Labute approximate surface area is 94.2 Å². The lowest BCUT2D eigenvalue weighted by Gasteiger charge is -2.20. The molecule has 2 saturated carbocycles. The SMILES string of the molecule is CCNCC(C)CNC(C1CC1)C1CC1. The maximum Gasteiger partial charge on any atom is 0.0124 e. The van der Waals surface area contributed by atoms with Crippen LogP contribution in [0, 0.1) is 17.8 Å². The van der Waals surface area contributed by atoms with Gasteiger partial charge in [0.25, 0.3) is 0 Å². The molecule has 0 spiro atoms. The molecular formula is C13H26N2. The highest BCUT2D eigenvalue weighted by Crippen LogP contribution is 2.44. The Morgan fingerprint density at radius 3 is 2.13 bits per heavy atom. The molecule has 0 aromatic rings. The molecule has 0 saturated heterocycles. The Balaban J connectivity index is 1.61. The van der Waals surface area contributed by atoms with Gasteiger partial charge >= 0.3 is 0 Å². The summed E-state index contributed by atoms with van der Waals surface area (Å²) >= 11 is 0. The quantitative estimate of drug-likeness (QED) is 0.640. The molecule has 0 bridgehead atoms. The van der Waals surface area contributed by atoms with Crippen LogP contribution in [0.3, 0.4) is 0 Å². The first-order chi connectivity index (χ1) is 7.31. The third-order valence-electron chi connectivity index (χ3n) is 3.70. The van der Waals surface area contributed by atoms with E-state index in [0.717, 1.165) is 36.9 Å². The number of rotatable bonds is 8. The number of nitrogens with one attached hydrogen (secondary N) is 2. The average Bonchev–Trinajstić information content (AvgIpc) is 3.05. The molecule has 0 aromatic heterocycles. The molecule has 1 atom stereocenters.